The lowest BCUT2D eigenvalue weighted by atomic mass is 10.2. The Bertz CT molecular complexity index is 505. The molecule has 5 heteroatoms. The molecule has 0 N–H and O–H groups in total. The summed E-state index contributed by atoms with van der Waals surface area (Å²) in [4.78, 5) is 13.0. The Morgan fingerprint density at radius 3 is 1.82 bits per heavy atom. The summed E-state index contributed by atoms with van der Waals surface area (Å²) in [6, 6.07) is 5.18. The van der Waals surface area contributed by atoms with Gasteiger partial charge in [0.25, 0.3) is 0 Å². The van der Waals surface area contributed by atoms with Gasteiger partial charge in [0, 0.05) is 12.3 Å². The molecule has 0 unspecified atom stereocenters. The molecule has 0 radical (unpaired) electrons. The molecule has 0 aromatic heterocycles. The van der Waals surface area contributed by atoms with Crippen molar-refractivity contribution in [1.29, 1.82) is 0 Å². The molecule has 0 atom stereocenters. The van der Waals surface area contributed by atoms with Crippen LogP contribution in [0.1, 0.15) is 49.9 Å². The summed E-state index contributed by atoms with van der Waals surface area (Å²) < 4.78 is 23.9. The van der Waals surface area contributed by atoms with Crippen LogP contribution < -0.4 is 9.47 Å². The van der Waals surface area contributed by atoms with Gasteiger partial charge in [-0.2, -0.15) is 0 Å². The lowest BCUT2D eigenvalue weighted by molar-refractivity contribution is 0.106. The monoisotopic (exact) mass is 326 g/mol. The second-order valence-corrected chi connectivity index (χ2v) is 8.47. The number of rotatable bonds is 10. The van der Waals surface area contributed by atoms with Crippen LogP contribution >= 0.6 is 7.14 Å². The molecule has 0 amide bonds. The maximum absolute atomic E-state index is 13.3. The van der Waals surface area contributed by atoms with E-state index < -0.39 is 7.14 Å². The van der Waals surface area contributed by atoms with Crippen molar-refractivity contribution in [2.24, 2.45) is 0 Å². The van der Waals surface area contributed by atoms with Gasteiger partial charge in [-0.3, -0.25) is 4.79 Å². The Morgan fingerprint density at radius 1 is 1.00 bits per heavy atom. The molecule has 1 aromatic carbocycles. The van der Waals surface area contributed by atoms with Crippen molar-refractivity contribution in [3.8, 4) is 11.5 Å². The van der Waals surface area contributed by atoms with Crippen molar-refractivity contribution in [3.63, 3.8) is 0 Å². The second kappa shape index (κ2) is 8.99. The van der Waals surface area contributed by atoms with Crippen LogP contribution in [0.5, 0.6) is 11.5 Å². The number of carbonyl (C=O) groups is 1. The predicted molar refractivity (Wildman–Crippen MR) is 91.0 cm³/mol. The Morgan fingerprint density at radius 2 is 1.45 bits per heavy atom. The van der Waals surface area contributed by atoms with Gasteiger partial charge in [-0.25, -0.2) is 0 Å². The molecule has 0 spiro atoms. The molecule has 4 nitrogen and oxygen atoms in total. The lowest BCUT2D eigenvalue weighted by Crippen LogP contribution is -2.11. The molecule has 124 valence electrons. The van der Waals surface area contributed by atoms with Gasteiger partial charge in [0.15, 0.2) is 7.14 Å². The summed E-state index contributed by atoms with van der Waals surface area (Å²) in [6.45, 7) is 4.08. The van der Waals surface area contributed by atoms with E-state index in [1.54, 1.807) is 18.2 Å². The van der Waals surface area contributed by atoms with Crippen molar-refractivity contribution in [2.45, 2.75) is 39.5 Å². The number of unbranched alkanes of at least 4 members (excludes halogenated alkanes) is 2. The highest BCUT2D eigenvalue weighted by molar-refractivity contribution is 7.81. The van der Waals surface area contributed by atoms with E-state index in [9.17, 15) is 9.36 Å². The summed E-state index contributed by atoms with van der Waals surface area (Å²) >= 11 is 0. The maximum Gasteiger partial charge on any atom is 0.228 e. The lowest BCUT2D eigenvalue weighted by Gasteiger charge is -2.19. The number of methoxy groups -OCH3 is 2. The molecule has 0 aliphatic carbocycles. The number of hydrogen-bond acceptors (Lipinski definition) is 4. The van der Waals surface area contributed by atoms with Crippen LogP contribution in [-0.2, 0) is 4.57 Å². The Kier molecular flexibility index (Phi) is 7.67. The standard InChI is InChI=1S/C17H27O4P/c1-5-7-12-22(19,13-8-6-2)17(18)16-14(20-3)10-9-11-15(16)21-4/h9-11H,5-8,12-13H2,1-4H3. The van der Waals surface area contributed by atoms with Gasteiger partial charge in [0.1, 0.15) is 17.1 Å². The van der Waals surface area contributed by atoms with Crippen LogP contribution in [0.4, 0.5) is 0 Å². The first kappa shape index (κ1) is 18.8. The van der Waals surface area contributed by atoms with Crippen molar-refractivity contribution in [1.82, 2.24) is 0 Å². The van der Waals surface area contributed by atoms with Crippen LogP contribution in [0, 0.1) is 0 Å². The summed E-state index contributed by atoms with van der Waals surface area (Å²) in [5, 5.41) is 0. The normalized spacial score (nSPS) is 11.3. The molecular weight excluding hydrogens is 299 g/mol. The van der Waals surface area contributed by atoms with Gasteiger partial charge in [0.2, 0.25) is 5.52 Å². The van der Waals surface area contributed by atoms with Gasteiger partial charge in [-0.15, -0.1) is 0 Å². The first-order valence-corrected chi connectivity index (χ1v) is 9.95. The van der Waals surface area contributed by atoms with E-state index in [4.69, 9.17) is 9.47 Å². The highest BCUT2D eigenvalue weighted by Gasteiger charge is 2.35. The third-order valence-electron chi connectivity index (χ3n) is 3.76. The van der Waals surface area contributed by atoms with Gasteiger partial charge < -0.3 is 14.0 Å². The molecule has 1 rings (SSSR count). The smallest absolute Gasteiger partial charge is 0.228 e. The zero-order valence-electron chi connectivity index (χ0n) is 14.1. The zero-order chi connectivity index (χ0) is 16.6. The van der Waals surface area contributed by atoms with Gasteiger partial charge >= 0.3 is 0 Å². The molecule has 0 aliphatic rings. The Hall–Kier alpha value is -1.28. The van der Waals surface area contributed by atoms with E-state index in [1.807, 2.05) is 13.8 Å². The minimum Gasteiger partial charge on any atom is -0.496 e. The number of hydrogen-bond donors (Lipinski definition) is 0. The molecule has 0 bridgehead atoms. The second-order valence-electron chi connectivity index (χ2n) is 5.39. The van der Waals surface area contributed by atoms with Crippen LogP contribution in [-0.4, -0.2) is 32.1 Å². The minimum absolute atomic E-state index is 0.302. The fourth-order valence-corrected chi connectivity index (χ4v) is 5.32. The van der Waals surface area contributed by atoms with Crippen molar-refractivity contribution >= 4 is 12.7 Å². The first-order chi connectivity index (χ1) is 10.5. The minimum atomic E-state index is -2.94. The summed E-state index contributed by atoms with van der Waals surface area (Å²) in [6.07, 6.45) is 4.36. The topological polar surface area (TPSA) is 52.6 Å². The van der Waals surface area contributed by atoms with E-state index >= 15 is 0 Å². The maximum atomic E-state index is 13.3. The number of carbonyl (C=O) groups excluding carboxylic acids is 1. The van der Waals surface area contributed by atoms with Crippen molar-refractivity contribution < 1.29 is 18.8 Å². The summed E-state index contributed by atoms with van der Waals surface area (Å²) in [7, 11) is 0.0725. The first-order valence-electron chi connectivity index (χ1n) is 7.88. The zero-order valence-corrected chi connectivity index (χ0v) is 14.9. The van der Waals surface area contributed by atoms with Crippen LogP contribution in [0.3, 0.4) is 0 Å². The highest BCUT2D eigenvalue weighted by atomic mass is 31.2. The van der Waals surface area contributed by atoms with Crippen molar-refractivity contribution in [3.05, 3.63) is 23.8 Å². The quantitative estimate of drug-likeness (QED) is 0.579. The van der Waals surface area contributed by atoms with Crippen LogP contribution in [0.15, 0.2) is 18.2 Å². The number of benzene rings is 1. The van der Waals surface area contributed by atoms with E-state index in [0.29, 0.717) is 29.4 Å². The molecule has 22 heavy (non-hydrogen) atoms. The van der Waals surface area contributed by atoms with Gasteiger partial charge in [-0.05, 0) is 25.0 Å². The summed E-state index contributed by atoms with van der Waals surface area (Å²) in [5.41, 5.74) is 0.0201. The van der Waals surface area contributed by atoms with E-state index in [2.05, 4.69) is 0 Å². The van der Waals surface area contributed by atoms with Gasteiger partial charge in [0.05, 0.1) is 14.2 Å². The highest BCUT2D eigenvalue weighted by Crippen LogP contribution is 2.53. The molecule has 0 saturated carbocycles. The fraction of sp³-hybridized carbons (Fsp3) is 0.588. The Balaban J connectivity index is 3.26. The van der Waals surface area contributed by atoms with Crippen molar-refractivity contribution in [2.75, 3.05) is 26.5 Å². The Labute approximate surface area is 133 Å². The molecule has 0 saturated heterocycles. The molecular formula is C17H27O4P. The third-order valence-corrected chi connectivity index (χ3v) is 6.80. The third kappa shape index (κ3) is 4.36. The molecule has 0 fully saturated rings. The molecule has 0 aliphatic heterocycles. The predicted octanol–water partition coefficient (Wildman–Crippen LogP) is 4.81. The average Bonchev–Trinajstić information content (AvgIpc) is 2.56. The summed E-state index contributed by atoms with van der Waals surface area (Å²) in [5.74, 6) is 0.857. The fourth-order valence-electron chi connectivity index (χ4n) is 2.41. The van der Waals surface area contributed by atoms with E-state index in [-0.39, 0.29) is 5.52 Å². The number of ether oxygens (including phenoxy) is 2. The molecule has 1 aromatic rings. The largest absolute Gasteiger partial charge is 0.496 e. The average molecular weight is 326 g/mol. The van der Waals surface area contributed by atoms with Crippen LogP contribution in [0.2, 0.25) is 0 Å². The van der Waals surface area contributed by atoms with Gasteiger partial charge in [-0.1, -0.05) is 32.8 Å². The SMILES string of the molecule is CCCCP(=O)(CCCC)C(=O)c1c(OC)cccc1OC. The van der Waals surface area contributed by atoms with E-state index in [0.717, 1.165) is 25.7 Å². The molecule has 0 heterocycles. The van der Waals surface area contributed by atoms with Crippen LogP contribution in [0.25, 0.3) is 0 Å². The van der Waals surface area contributed by atoms with E-state index in [1.165, 1.54) is 14.2 Å².